The number of primary amides is 1. The summed E-state index contributed by atoms with van der Waals surface area (Å²) >= 11 is 0. The van der Waals surface area contributed by atoms with Gasteiger partial charge in [-0.3, -0.25) is 19.8 Å². The minimum absolute atomic E-state index is 0.236. The largest absolute Gasteiger partial charge is 0.475 e. The van der Waals surface area contributed by atoms with Crippen LogP contribution < -0.4 is 15.8 Å². The van der Waals surface area contributed by atoms with Crippen LogP contribution in [-0.2, 0) is 20.9 Å². The summed E-state index contributed by atoms with van der Waals surface area (Å²) in [7, 11) is 0. The van der Waals surface area contributed by atoms with Crippen molar-refractivity contribution in [2.24, 2.45) is 10.7 Å². The van der Waals surface area contributed by atoms with Gasteiger partial charge in [0.25, 0.3) is 5.91 Å². The van der Waals surface area contributed by atoms with Crippen molar-refractivity contribution in [2.75, 3.05) is 32.9 Å². The second-order valence-electron chi connectivity index (χ2n) is 7.27. The molecule has 3 heterocycles. The van der Waals surface area contributed by atoms with Crippen LogP contribution in [-0.4, -0.2) is 77.9 Å². The third-order valence-electron chi connectivity index (χ3n) is 5.34. The molecule has 10 nitrogen and oxygen atoms in total. The van der Waals surface area contributed by atoms with Crippen molar-refractivity contribution >= 4 is 23.5 Å². The van der Waals surface area contributed by atoms with Crippen molar-refractivity contribution in [3.05, 3.63) is 23.8 Å². The summed E-state index contributed by atoms with van der Waals surface area (Å²) in [4.78, 5) is 31.6. The summed E-state index contributed by atoms with van der Waals surface area (Å²) in [5, 5.41) is 12.2. The monoisotopic (exact) mass is 403 g/mol. The molecule has 4 N–H and O–H groups in total. The lowest BCUT2D eigenvalue weighted by molar-refractivity contribution is -0.122. The predicted octanol–water partition coefficient (Wildman–Crippen LogP) is -0.717. The minimum Gasteiger partial charge on any atom is -0.475 e. The van der Waals surface area contributed by atoms with Crippen LogP contribution in [0.5, 0.6) is 5.75 Å². The van der Waals surface area contributed by atoms with Crippen LogP contribution in [0.25, 0.3) is 0 Å². The molecule has 1 aromatic carbocycles. The SMILES string of the molecule is NC(=O)CCC(Oc1ccc2c(c1)CN1C(=N2)NC(=O)C1CO)N1CCOCC1. The molecule has 2 unspecified atom stereocenters. The molecule has 2 fully saturated rings. The number of hydrogen-bond acceptors (Lipinski definition) is 8. The van der Waals surface area contributed by atoms with Crippen molar-refractivity contribution < 1.29 is 24.2 Å². The summed E-state index contributed by atoms with van der Waals surface area (Å²) in [5.74, 6) is 0.500. The van der Waals surface area contributed by atoms with Gasteiger partial charge in [-0.2, -0.15) is 0 Å². The smallest absolute Gasteiger partial charge is 0.251 e. The molecule has 0 aromatic heterocycles. The van der Waals surface area contributed by atoms with E-state index >= 15 is 0 Å². The first kappa shape index (κ1) is 19.6. The van der Waals surface area contributed by atoms with Gasteiger partial charge in [0.15, 0.2) is 6.23 Å². The second-order valence-corrected chi connectivity index (χ2v) is 7.27. The minimum atomic E-state index is -0.636. The van der Waals surface area contributed by atoms with Crippen LogP contribution >= 0.6 is 0 Å². The average Bonchev–Trinajstić information content (AvgIpc) is 3.03. The number of nitrogens with one attached hydrogen (secondary N) is 1. The maximum absolute atomic E-state index is 12.0. The molecule has 1 aromatic rings. The zero-order valence-corrected chi connectivity index (χ0v) is 16.0. The van der Waals surface area contributed by atoms with E-state index in [0.717, 1.165) is 24.3 Å². The number of rotatable bonds is 7. The van der Waals surface area contributed by atoms with E-state index < -0.39 is 6.04 Å². The molecule has 4 rings (SSSR count). The molecule has 156 valence electrons. The number of aliphatic hydroxyl groups excluding tert-OH is 1. The van der Waals surface area contributed by atoms with Gasteiger partial charge in [-0.05, 0) is 18.2 Å². The maximum Gasteiger partial charge on any atom is 0.251 e. The predicted molar refractivity (Wildman–Crippen MR) is 103 cm³/mol. The summed E-state index contributed by atoms with van der Waals surface area (Å²) in [5.41, 5.74) is 6.98. The van der Waals surface area contributed by atoms with E-state index in [9.17, 15) is 14.7 Å². The molecule has 2 amide bonds. The topological polar surface area (TPSA) is 130 Å². The molecule has 2 saturated heterocycles. The van der Waals surface area contributed by atoms with E-state index in [1.165, 1.54) is 0 Å². The average molecular weight is 403 g/mol. The van der Waals surface area contributed by atoms with E-state index in [2.05, 4.69) is 15.2 Å². The number of carbonyl (C=O) groups is 2. The highest BCUT2D eigenvalue weighted by Gasteiger charge is 2.38. The van der Waals surface area contributed by atoms with Gasteiger partial charge in [0.05, 0.1) is 25.5 Å². The summed E-state index contributed by atoms with van der Waals surface area (Å²) in [6.07, 6.45) is 0.443. The number of benzene rings is 1. The number of carbonyl (C=O) groups excluding carboxylic acids is 2. The molecule has 0 saturated carbocycles. The summed E-state index contributed by atoms with van der Waals surface area (Å²) < 4.78 is 11.6. The number of aliphatic imine (C=N–C) groups is 1. The fraction of sp³-hybridized carbons (Fsp3) is 0.526. The van der Waals surface area contributed by atoms with Gasteiger partial charge in [0.2, 0.25) is 11.9 Å². The molecule has 3 aliphatic rings. The number of guanidine groups is 1. The number of nitrogens with two attached hydrogens (primary N) is 1. The van der Waals surface area contributed by atoms with Crippen molar-refractivity contribution in [3.63, 3.8) is 0 Å². The fourth-order valence-electron chi connectivity index (χ4n) is 3.79. The number of ether oxygens (including phenoxy) is 2. The van der Waals surface area contributed by atoms with Crippen LogP contribution in [0.1, 0.15) is 18.4 Å². The van der Waals surface area contributed by atoms with E-state index in [1.54, 1.807) is 4.90 Å². The lowest BCUT2D eigenvalue weighted by Crippen LogP contribution is -2.46. The van der Waals surface area contributed by atoms with Crippen molar-refractivity contribution in [1.82, 2.24) is 15.1 Å². The van der Waals surface area contributed by atoms with Crippen molar-refractivity contribution in [3.8, 4) is 5.75 Å². The number of hydrogen-bond donors (Lipinski definition) is 3. The molecule has 0 spiro atoms. The number of fused-ring (bicyclic) bond motifs is 2. The van der Waals surface area contributed by atoms with Crippen molar-refractivity contribution in [2.45, 2.75) is 31.7 Å². The molecule has 3 aliphatic heterocycles. The van der Waals surface area contributed by atoms with E-state index in [4.69, 9.17) is 15.2 Å². The third-order valence-corrected chi connectivity index (χ3v) is 5.34. The Kier molecular flexibility index (Phi) is 5.65. The third kappa shape index (κ3) is 4.19. The zero-order valence-electron chi connectivity index (χ0n) is 16.0. The van der Waals surface area contributed by atoms with Gasteiger partial charge in [-0.15, -0.1) is 0 Å². The Morgan fingerprint density at radius 2 is 2.21 bits per heavy atom. The lowest BCUT2D eigenvalue weighted by atomic mass is 10.1. The summed E-state index contributed by atoms with van der Waals surface area (Å²) in [6, 6.07) is 4.93. The Morgan fingerprint density at radius 3 is 2.93 bits per heavy atom. The Hall–Kier alpha value is -2.69. The van der Waals surface area contributed by atoms with E-state index in [0.29, 0.717) is 37.9 Å². The fourth-order valence-corrected chi connectivity index (χ4v) is 3.79. The van der Waals surface area contributed by atoms with Gasteiger partial charge in [-0.1, -0.05) is 0 Å². The number of morpholine rings is 1. The first-order valence-corrected chi connectivity index (χ1v) is 9.72. The van der Waals surface area contributed by atoms with Gasteiger partial charge in [0.1, 0.15) is 11.8 Å². The van der Waals surface area contributed by atoms with Gasteiger partial charge < -0.3 is 25.2 Å². The summed E-state index contributed by atoms with van der Waals surface area (Å²) in [6.45, 7) is 2.86. The molecule has 0 aliphatic carbocycles. The molecule has 2 atom stereocenters. The quantitative estimate of drug-likeness (QED) is 0.548. The number of nitrogens with zero attached hydrogens (tertiary/aromatic N) is 3. The van der Waals surface area contributed by atoms with Gasteiger partial charge in [-0.25, -0.2) is 4.99 Å². The molecular formula is C19H25N5O5. The maximum atomic E-state index is 12.0. The Bertz CT molecular complexity index is 823. The Balaban J connectivity index is 1.51. The molecule has 10 heteroatoms. The van der Waals surface area contributed by atoms with Crippen LogP contribution in [0, 0.1) is 0 Å². The first-order valence-electron chi connectivity index (χ1n) is 9.72. The Morgan fingerprint density at radius 1 is 1.41 bits per heavy atom. The highest BCUT2D eigenvalue weighted by molar-refractivity contribution is 6.07. The van der Waals surface area contributed by atoms with Gasteiger partial charge >= 0.3 is 0 Å². The molecular weight excluding hydrogens is 378 g/mol. The van der Waals surface area contributed by atoms with Crippen LogP contribution in [0.2, 0.25) is 0 Å². The zero-order chi connectivity index (χ0) is 20.4. The van der Waals surface area contributed by atoms with Gasteiger partial charge in [0, 0.05) is 38.0 Å². The standard InChI is InChI=1S/C19H25N5O5/c20-16(26)3-4-17(23-5-7-28-8-6-23)29-13-1-2-14-12(9-13)10-24-15(11-25)18(27)22-19(24)21-14/h1-2,9,15,17,25H,3-8,10-11H2,(H2,20,26)(H,21,22,27). The van der Waals surface area contributed by atoms with Crippen LogP contribution in [0.15, 0.2) is 23.2 Å². The first-order chi connectivity index (χ1) is 14.0. The second kappa shape index (κ2) is 8.36. The highest BCUT2D eigenvalue weighted by atomic mass is 16.5. The number of aliphatic hydroxyl groups is 1. The molecule has 29 heavy (non-hydrogen) atoms. The highest BCUT2D eigenvalue weighted by Crippen LogP contribution is 2.32. The van der Waals surface area contributed by atoms with Crippen molar-refractivity contribution in [1.29, 1.82) is 0 Å². The normalized spacial score (nSPS) is 22.4. The van der Waals surface area contributed by atoms with Crippen LogP contribution in [0.3, 0.4) is 0 Å². The molecule has 0 radical (unpaired) electrons. The molecule has 0 bridgehead atoms. The lowest BCUT2D eigenvalue weighted by Gasteiger charge is -2.34. The van der Waals surface area contributed by atoms with Crippen LogP contribution in [0.4, 0.5) is 5.69 Å². The number of amides is 2. The van der Waals surface area contributed by atoms with E-state index in [-0.39, 0.29) is 31.1 Å². The Labute approximate surface area is 168 Å². The van der Waals surface area contributed by atoms with E-state index in [1.807, 2.05) is 18.2 Å².